The van der Waals surface area contributed by atoms with E-state index in [0.29, 0.717) is 22.1 Å². The van der Waals surface area contributed by atoms with Crippen LogP contribution in [-0.2, 0) is 4.79 Å². The molecule has 132 valence electrons. The second-order valence-electron chi connectivity index (χ2n) is 5.30. The van der Waals surface area contributed by atoms with Crippen LogP contribution in [-0.4, -0.2) is 18.4 Å². The molecule has 2 amide bonds. The number of ether oxygens (including phenoxy) is 1. The molecule has 0 unspecified atom stereocenters. The Morgan fingerprint density at radius 3 is 2.38 bits per heavy atom. The number of anilines is 2. The molecule has 3 rings (SSSR count). The van der Waals surface area contributed by atoms with E-state index in [9.17, 15) is 9.59 Å². The van der Waals surface area contributed by atoms with Gasteiger partial charge in [-0.15, -0.1) is 0 Å². The van der Waals surface area contributed by atoms with Gasteiger partial charge in [0.15, 0.2) is 12.4 Å². The van der Waals surface area contributed by atoms with Crippen LogP contribution in [0.1, 0.15) is 10.6 Å². The van der Waals surface area contributed by atoms with Gasteiger partial charge in [-0.05, 0) is 54.6 Å². The van der Waals surface area contributed by atoms with E-state index in [1.165, 1.54) is 6.26 Å². The maximum atomic E-state index is 12.0. The average molecular weight is 371 g/mol. The fourth-order valence-electron chi connectivity index (χ4n) is 2.15. The Balaban J connectivity index is 1.55. The van der Waals surface area contributed by atoms with Gasteiger partial charge in [0.25, 0.3) is 11.8 Å². The van der Waals surface area contributed by atoms with Gasteiger partial charge in [-0.1, -0.05) is 17.7 Å². The highest BCUT2D eigenvalue weighted by Gasteiger charge is 2.09. The first kappa shape index (κ1) is 17.6. The summed E-state index contributed by atoms with van der Waals surface area (Å²) in [5.74, 6) is 0.0545. The van der Waals surface area contributed by atoms with Crippen LogP contribution >= 0.6 is 11.6 Å². The zero-order chi connectivity index (χ0) is 18.4. The number of carbonyl (C=O) groups is 2. The van der Waals surface area contributed by atoms with Crippen LogP contribution in [0.3, 0.4) is 0 Å². The third kappa shape index (κ3) is 4.87. The van der Waals surface area contributed by atoms with Gasteiger partial charge in [0.2, 0.25) is 0 Å². The lowest BCUT2D eigenvalue weighted by Crippen LogP contribution is -2.20. The van der Waals surface area contributed by atoms with Crippen molar-refractivity contribution in [2.24, 2.45) is 0 Å². The van der Waals surface area contributed by atoms with Gasteiger partial charge in [0, 0.05) is 16.4 Å². The molecular formula is C19H15ClN2O4. The van der Waals surface area contributed by atoms with Crippen LogP contribution in [0, 0.1) is 0 Å². The quantitative estimate of drug-likeness (QED) is 0.681. The molecule has 0 radical (unpaired) electrons. The van der Waals surface area contributed by atoms with Crippen molar-refractivity contribution in [2.75, 3.05) is 17.2 Å². The Bertz CT molecular complexity index is 892. The second kappa shape index (κ2) is 8.22. The van der Waals surface area contributed by atoms with Crippen molar-refractivity contribution in [3.63, 3.8) is 0 Å². The first-order valence-corrected chi connectivity index (χ1v) is 8.11. The van der Waals surface area contributed by atoms with Gasteiger partial charge >= 0.3 is 0 Å². The lowest BCUT2D eigenvalue weighted by Gasteiger charge is -2.09. The van der Waals surface area contributed by atoms with E-state index < -0.39 is 0 Å². The Morgan fingerprint density at radius 1 is 0.962 bits per heavy atom. The van der Waals surface area contributed by atoms with E-state index in [2.05, 4.69) is 10.6 Å². The third-order valence-electron chi connectivity index (χ3n) is 3.33. The fraction of sp³-hybridized carbons (Fsp3) is 0.0526. The summed E-state index contributed by atoms with van der Waals surface area (Å²) in [5.41, 5.74) is 1.06. The Hall–Kier alpha value is -3.25. The number of carbonyl (C=O) groups excluding carboxylic acids is 2. The molecule has 7 heteroatoms. The summed E-state index contributed by atoms with van der Waals surface area (Å²) in [4.78, 5) is 24.0. The maximum Gasteiger partial charge on any atom is 0.291 e. The summed E-state index contributed by atoms with van der Waals surface area (Å²) in [7, 11) is 0. The summed E-state index contributed by atoms with van der Waals surface area (Å²) in [6.45, 7) is -0.148. The van der Waals surface area contributed by atoms with E-state index in [-0.39, 0.29) is 24.2 Å². The lowest BCUT2D eigenvalue weighted by atomic mass is 10.2. The van der Waals surface area contributed by atoms with Crippen LogP contribution in [0.2, 0.25) is 5.02 Å². The van der Waals surface area contributed by atoms with Gasteiger partial charge in [-0.2, -0.15) is 0 Å². The molecule has 0 saturated carbocycles. The highest BCUT2D eigenvalue weighted by Crippen LogP contribution is 2.17. The summed E-state index contributed by atoms with van der Waals surface area (Å²) in [6, 6.07) is 16.7. The standard InChI is InChI=1S/C19H15ClN2O4/c20-13-6-8-16(9-7-13)26-12-18(23)21-14-3-1-4-15(11-14)22-19(24)17-5-2-10-25-17/h1-11H,12H2,(H,21,23)(H,22,24). The molecule has 3 aromatic rings. The maximum absolute atomic E-state index is 12.0. The van der Waals surface area contributed by atoms with Gasteiger partial charge < -0.3 is 19.8 Å². The van der Waals surface area contributed by atoms with Gasteiger partial charge in [0.1, 0.15) is 5.75 Å². The minimum atomic E-state index is -0.371. The van der Waals surface area contributed by atoms with Crippen LogP contribution in [0.15, 0.2) is 71.3 Å². The summed E-state index contributed by atoms with van der Waals surface area (Å²) >= 11 is 5.79. The van der Waals surface area contributed by atoms with E-state index in [1.54, 1.807) is 60.7 Å². The number of nitrogens with one attached hydrogen (secondary N) is 2. The van der Waals surface area contributed by atoms with Crippen molar-refractivity contribution >= 4 is 34.8 Å². The molecule has 0 fully saturated rings. The average Bonchev–Trinajstić information content (AvgIpc) is 3.16. The van der Waals surface area contributed by atoms with Crippen LogP contribution in [0.5, 0.6) is 5.75 Å². The smallest absolute Gasteiger partial charge is 0.291 e. The molecule has 0 aliphatic rings. The molecule has 0 spiro atoms. The van der Waals surface area contributed by atoms with Gasteiger partial charge in [0.05, 0.1) is 6.26 Å². The number of amides is 2. The molecule has 26 heavy (non-hydrogen) atoms. The minimum Gasteiger partial charge on any atom is -0.484 e. The zero-order valence-electron chi connectivity index (χ0n) is 13.6. The summed E-state index contributed by atoms with van der Waals surface area (Å²) < 4.78 is 10.4. The third-order valence-corrected chi connectivity index (χ3v) is 3.58. The number of hydrogen-bond acceptors (Lipinski definition) is 4. The zero-order valence-corrected chi connectivity index (χ0v) is 14.3. The van der Waals surface area contributed by atoms with Crippen LogP contribution in [0.25, 0.3) is 0 Å². The number of furan rings is 1. The molecule has 1 heterocycles. The summed E-state index contributed by atoms with van der Waals surface area (Å²) in [5, 5.41) is 5.99. The molecular weight excluding hydrogens is 356 g/mol. The van der Waals surface area contributed by atoms with E-state index in [0.717, 1.165) is 0 Å². The highest BCUT2D eigenvalue weighted by atomic mass is 35.5. The number of hydrogen-bond donors (Lipinski definition) is 2. The fourth-order valence-corrected chi connectivity index (χ4v) is 2.28. The van der Waals surface area contributed by atoms with Gasteiger partial charge in [-0.3, -0.25) is 9.59 Å². The van der Waals surface area contributed by atoms with Crippen LogP contribution < -0.4 is 15.4 Å². The number of benzene rings is 2. The van der Waals surface area contributed by atoms with Crippen molar-refractivity contribution in [3.8, 4) is 5.75 Å². The molecule has 0 aliphatic carbocycles. The number of halogens is 1. The lowest BCUT2D eigenvalue weighted by molar-refractivity contribution is -0.118. The molecule has 0 aliphatic heterocycles. The molecule has 0 bridgehead atoms. The highest BCUT2D eigenvalue weighted by molar-refractivity contribution is 6.30. The monoisotopic (exact) mass is 370 g/mol. The first-order valence-electron chi connectivity index (χ1n) is 7.73. The van der Waals surface area contributed by atoms with E-state index in [1.807, 2.05) is 0 Å². The van der Waals surface area contributed by atoms with Crippen molar-refractivity contribution in [2.45, 2.75) is 0 Å². The SMILES string of the molecule is O=C(COc1ccc(Cl)cc1)Nc1cccc(NC(=O)c2ccco2)c1. The predicted octanol–water partition coefficient (Wildman–Crippen LogP) is 4.20. The van der Waals surface area contributed by atoms with Crippen LogP contribution in [0.4, 0.5) is 11.4 Å². The van der Waals surface area contributed by atoms with E-state index in [4.69, 9.17) is 20.8 Å². The molecule has 0 saturated heterocycles. The molecule has 6 nitrogen and oxygen atoms in total. The first-order chi connectivity index (χ1) is 12.6. The van der Waals surface area contributed by atoms with Crippen molar-refractivity contribution in [3.05, 3.63) is 77.7 Å². The van der Waals surface area contributed by atoms with Crippen molar-refractivity contribution < 1.29 is 18.7 Å². The summed E-state index contributed by atoms with van der Waals surface area (Å²) in [6.07, 6.45) is 1.42. The molecule has 0 atom stereocenters. The van der Waals surface area contributed by atoms with Crippen molar-refractivity contribution in [1.29, 1.82) is 0 Å². The topological polar surface area (TPSA) is 80.6 Å². The second-order valence-corrected chi connectivity index (χ2v) is 5.74. The van der Waals surface area contributed by atoms with E-state index >= 15 is 0 Å². The number of rotatable bonds is 6. The van der Waals surface area contributed by atoms with Crippen molar-refractivity contribution in [1.82, 2.24) is 0 Å². The minimum absolute atomic E-state index is 0.148. The Morgan fingerprint density at radius 2 is 1.69 bits per heavy atom. The largest absolute Gasteiger partial charge is 0.484 e. The molecule has 2 N–H and O–H groups in total. The Kier molecular flexibility index (Phi) is 5.56. The normalized spacial score (nSPS) is 10.2. The predicted molar refractivity (Wildman–Crippen MR) is 98.7 cm³/mol. The Labute approximate surface area is 154 Å². The molecule has 1 aromatic heterocycles. The molecule has 2 aromatic carbocycles. The van der Waals surface area contributed by atoms with Gasteiger partial charge in [-0.25, -0.2) is 0 Å².